The van der Waals surface area contributed by atoms with E-state index in [0.717, 1.165) is 31.4 Å². The van der Waals surface area contributed by atoms with Crippen LogP contribution < -0.4 is 20.5 Å². The van der Waals surface area contributed by atoms with Gasteiger partial charge in [-0.2, -0.15) is 5.10 Å². The lowest BCUT2D eigenvalue weighted by Crippen LogP contribution is -2.16. The average Bonchev–Trinajstić information content (AvgIpc) is 3.26. The number of nitrogens with two attached hydrogens (primary N) is 1. The fraction of sp³-hybridized carbons (Fsp3) is 0.667. The zero-order chi connectivity index (χ0) is 28.0. The quantitative estimate of drug-likeness (QED) is 0.201. The first-order valence-corrected chi connectivity index (χ1v) is 14.4. The van der Waals surface area contributed by atoms with E-state index in [0.29, 0.717) is 41.9 Å². The molecule has 214 valence electrons. The molecule has 38 heavy (non-hydrogen) atoms. The van der Waals surface area contributed by atoms with Gasteiger partial charge in [0.15, 0.2) is 0 Å². The molecule has 1 amide bonds. The van der Waals surface area contributed by atoms with Crippen molar-refractivity contribution in [3.05, 3.63) is 23.9 Å². The molecule has 3 N–H and O–H groups in total. The predicted octanol–water partition coefficient (Wildman–Crippen LogP) is 8.02. The second-order valence-corrected chi connectivity index (χ2v) is 10.8. The molecule has 0 aliphatic carbocycles. The molecule has 0 aliphatic heterocycles. The minimum atomic E-state index is -0.535. The number of nitrogens with zero attached hydrogens (tertiary/aromatic N) is 2. The largest absolute Gasteiger partial charge is 0.491 e. The Hall–Kier alpha value is -2.90. The van der Waals surface area contributed by atoms with Crippen molar-refractivity contribution in [2.24, 2.45) is 0 Å². The monoisotopic (exact) mass is 530 g/mol. The van der Waals surface area contributed by atoms with Gasteiger partial charge in [0.25, 0.3) is 0 Å². The van der Waals surface area contributed by atoms with Crippen molar-refractivity contribution in [3.8, 4) is 17.2 Å². The van der Waals surface area contributed by atoms with Crippen LogP contribution in [-0.2, 0) is 10.2 Å². The van der Waals surface area contributed by atoms with E-state index in [1.807, 2.05) is 12.1 Å². The number of hydrogen-bond donors (Lipinski definition) is 2. The van der Waals surface area contributed by atoms with Crippen LogP contribution >= 0.6 is 0 Å². The second-order valence-electron chi connectivity index (χ2n) is 10.8. The number of amides is 1. The molecule has 8 nitrogen and oxygen atoms in total. The average molecular weight is 531 g/mol. The second kappa shape index (κ2) is 16.1. The van der Waals surface area contributed by atoms with Crippen molar-refractivity contribution in [2.75, 3.05) is 30.9 Å². The van der Waals surface area contributed by atoms with Gasteiger partial charge in [0.05, 0.1) is 31.2 Å². The van der Waals surface area contributed by atoms with Gasteiger partial charge < -0.3 is 19.9 Å². The van der Waals surface area contributed by atoms with E-state index in [9.17, 15) is 4.79 Å². The third-order valence-corrected chi connectivity index (χ3v) is 6.32. The summed E-state index contributed by atoms with van der Waals surface area (Å²) in [4.78, 5) is 12.3. The molecule has 0 fully saturated rings. The number of ether oxygens (including phenoxy) is 3. The SMILES string of the molecule is CCCCCCCOc1cc(-n2nc(C(C)(C)C)cc2N)c(OCCCCCCC)cc1NC(=O)OCC. The molecular formula is C30H50N4O4. The Kier molecular flexibility index (Phi) is 13.3. The Labute approximate surface area is 229 Å². The van der Waals surface area contributed by atoms with Crippen molar-refractivity contribution in [1.82, 2.24) is 9.78 Å². The van der Waals surface area contributed by atoms with Crippen LogP contribution in [0.3, 0.4) is 0 Å². The third kappa shape index (κ3) is 10.1. The molecule has 1 aromatic heterocycles. The number of nitrogens with one attached hydrogen (secondary N) is 1. The fourth-order valence-corrected chi connectivity index (χ4v) is 4.06. The molecule has 0 radical (unpaired) electrons. The van der Waals surface area contributed by atoms with Crippen LogP contribution in [0.4, 0.5) is 16.3 Å². The van der Waals surface area contributed by atoms with Crippen LogP contribution in [0.5, 0.6) is 11.5 Å². The molecule has 0 unspecified atom stereocenters. The summed E-state index contributed by atoms with van der Waals surface area (Å²) in [5.41, 5.74) is 8.34. The van der Waals surface area contributed by atoms with E-state index in [-0.39, 0.29) is 12.0 Å². The van der Waals surface area contributed by atoms with E-state index in [2.05, 4.69) is 39.9 Å². The minimum Gasteiger partial charge on any atom is -0.491 e. The highest BCUT2D eigenvalue weighted by Crippen LogP contribution is 2.37. The first kappa shape index (κ1) is 31.3. The predicted molar refractivity (Wildman–Crippen MR) is 156 cm³/mol. The normalized spacial score (nSPS) is 11.4. The molecule has 1 aromatic carbocycles. The summed E-state index contributed by atoms with van der Waals surface area (Å²) in [6, 6.07) is 5.55. The number of aromatic nitrogens is 2. The number of carbonyl (C=O) groups is 1. The maximum atomic E-state index is 12.3. The van der Waals surface area contributed by atoms with Gasteiger partial charge >= 0.3 is 6.09 Å². The molecule has 8 heteroatoms. The topological polar surface area (TPSA) is 101 Å². The highest BCUT2D eigenvalue weighted by Gasteiger charge is 2.23. The number of anilines is 2. The van der Waals surface area contributed by atoms with E-state index < -0.39 is 6.09 Å². The standard InChI is InChI=1S/C30H50N4O4/c1-7-10-12-14-16-18-37-25-21-24(34-28(31)22-27(33-34)30(4,5)6)26(38-19-17-15-13-11-8-2)20-23(25)32-29(35)36-9-3/h20-22H,7-19,31H2,1-6H3,(H,32,35). The minimum absolute atomic E-state index is 0.164. The van der Waals surface area contributed by atoms with Crippen LogP contribution in [0.1, 0.15) is 111 Å². The molecule has 0 aliphatic rings. The summed E-state index contributed by atoms with van der Waals surface area (Å²) in [7, 11) is 0. The van der Waals surface area contributed by atoms with E-state index in [4.69, 9.17) is 25.0 Å². The lowest BCUT2D eigenvalue weighted by atomic mass is 9.92. The lowest BCUT2D eigenvalue weighted by molar-refractivity contribution is 0.167. The molecule has 0 atom stereocenters. The van der Waals surface area contributed by atoms with Crippen LogP contribution in [-0.4, -0.2) is 35.7 Å². The Bertz CT molecular complexity index is 981. The van der Waals surface area contributed by atoms with Crippen molar-refractivity contribution >= 4 is 17.6 Å². The molecule has 2 rings (SSSR count). The lowest BCUT2D eigenvalue weighted by Gasteiger charge is -2.19. The summed E-state index contributed by atoms with van der Waals surface area (Å²) < 4.78 is 19.3. The van der Waals surface area contributed by atoms with Gasteiger partial charge in [-0.15, -0.1) is 0 Å². The van der Waals surface area contributed by atoms with Crippen LogP contribution in [0, 0.1) is 0 Å². The Morgan fingerprint density at radius 3 is 1.97 bits per heavy atom. The molecule has 0 saturated heterocycles. The summed E-state index contributed by atoms with van der Waals surface area (Å²) >= 11 is 0. The molecule has 0 saturated carbocycles. The van der Waals surface area contributed by atoms with E-state index >= 15 is 0 Å². The first-order valence-electron chi connectivity index (χ1n) is 14.4. The summed E-state index contributed by atoms with van der Waals surface area (Å²) in [5, 5.41) is 7.64. The maximum absolute atomic E-state index is 12.3. The Balaban J connectivity index is 2.41. The Morgan fingerprint density at radius 2 is 1.45 bits per heavy atom. The highest BCUT2D eigenvalue weighted by molar-refractivity contribution is 5.88. The van der Waals surface area contributed by atoms with Gasteiger partial charge in [-0.25, -0.2) is 9.48 Å². The van der Waals surface area contributed by atoms with Crippen molar-refractivity contribution in [3.63, 3.8) is 0 Å². The van der Waals surface area contributed by atoms with E-state index in [1.165, 1.54) is 38.5 Å². The van der Waals surface area contributed by atoms with Crippen LogP contribution in [0.15, 0.2) is 18.2 Å². The van der Waals surface area contributed by atoms with Crippen molar-refractivity contribution in [2.45, 2.75) is 111 Å². The number of carbonyl (C=O) groups excluding carboxylic acids is 1. The number of hydrogen-bond acceptors (Lipinski definition) is 6. The summed E-state index contributed by atoms with van der Waals surface area (Å²) in [6.45, 7) is 13.9. The number of rotatable bonds is 17. The summed E-state index contributed by atoms with van der Waals surface area (Å²) in [5.74, 6) is 1.63. The summed E-state index contributed by atoms with van der Waals surface area (Å²) in [6.07, 6.45) is 10.8. The number of unbranched alkanes of at least 4 members (excludes halogenated alkanes) is 8. The number of benzene rings is 1. The maximum Gasteiger partial charge on any atom is 0.411 e. The zero-order valence-corrected chi connectivity index (χ0v) is 24.5. The number of nitrogen functional groups attached to an aromatic ring is 1. The molecule has 0 bridgehead atoms. The van der Waals surface area contributed by atoms with Gasteiger partial charge in [0.2, 0.25) is 0 Å². The molecular weight excluding hydrogens is 480 g/mol. The molecule has 2 aromatic rings. The molecule has 0 spiro atoms. The van der Waals surface area contributed by atoms with Crippen LogP contribution in [0.25, 0.3) is 5.69 Å². The highest BCUT2D eigenvalue weighted by atomic mass is 16.5. The van der Waals surface area contributed by atoms with Gasteiger partial charge in [0, 0.05) is 23.6 Å². The van der Waals surface area contributed by atoms with E-state index in [1.54, 1.807) is 17.7 Å². The molecule has 1 heterocycles. The van der Waals surface area contributed by atoms with Gasteiger partial charge in [0.1, 0.15) is 23.0 Å². The Morgan fingerprint density at radius 1 is 0.868 bits per heavy atom. The van der Waals surface area contributed by atoms with Crippen molar-refractivity contribution < 1.29 is 19.0 Å². The van der Waals surface area contributed by atoms with Gasteiger partial charge in [-0.3, -0.25) is 5.32 Å². The first-order chi connectivity index (χ1) is 18.2. The fourth-order valence-electron chi connectivity index (χ4n) is 4.06. The van der Waals surface area contributed by atoms with Gasteiger partial charge in [-0.05, 0) is 19.8 Å². The smallest absolute Gasteiger partial charge is 0.411 e. The zero-order valence-electron chi connectivity index (χ0n) is 24.5. The van der Waals surface area contributed by atoms with Gasteiger partial charge in [-0.1, -0.05) is 86.0 Å². The van der Waals surface area contributed by atoms with Crippen molar-refractivity contribution in [1.29, 1.82) is 0 Å². The third-order valence-electron chi connectivity index (χ3n) is 6.32. The van der Waals surface area contributed by atoms with Crippen LogP contribution in [0.2, 0.25) is 0 Å².